The van der Waals surface area contributed by atoms with Gasteiger partial charge in [-0.1, -0.05) is 6.07 Å². The van der Waals surface area contributed by atoms with E-state index >= 15 is 0 Å². The highest BCUT2D eigenvalue weighted by Gasteiger charge is 2.10. The molecule has 0 aliphatic carbocycles. The second-order valence-corrected chi connectivity index (χ2v) is 5.29. The Balaban J connectivity index is 2.05. The fraction of sp³-hybridized carbons (Fsp3) is 0.333. The molecule has 5 heteroatoms. The molecule has 2 rings (SSSR count). The Bertz CT molecular complexity index is 394. The predicted molar refractivity (Wildman–Crippen MR) is 59.6 cm³/mol. The summed E-state index contributed by atoms with van der Waals surface area (Å²) in [5.74, 6) is 0. The van der Waals surface area contributed by atoms with Gasteiger partial charge in [0.25, 0.3) is 0 Å². The van der Waals surface area contributed by atoms with E-state index in [-0.39, 0.29) is 6.04 Å². The molecule has 0 fully saturated rings. The van der Waals surface area contributed by atoms with E-state index in [0.29, 0.717) is 0 Å². The lowest BCUT2D eigenvalue weighted by atomic mass is 10.2. The number of hydrogen-bond acceptors (Lipinski definition) is 5. The highest BCUT2D eigenvalue weighted by Crippen LogP contribution is 2.21. The van der Waals surface area contributed by atoms with Crippen LogP contribution in [0.4, 0.5) is 0 Å². The maximum Gasteiger partial charge on any atom is 0.119 e. The lowest BCUT2D eigenvalue weighted by Gasteiger charge is -2.05. The molecule has 0 aromatic carbocycles. The van der Waals surface area contributed by atoms with E-state index < -0.39 is 0 Å². The van der Waals surface area contributed by atoms with E-state index in [4.69, 9.17) is 5.73 Å². The molecule has 2 N–H and O–H groups in total. The minimum atomic E-state index is 0.0577. The quantitative estimate of drug-likeness (QED) is 0.870. The standard InChI is InChI=1S/C9H11N3S2/c1-6-11-12-9(14-6)5-7(10)8-3-2-4-13-8/h2-4,7H,5,10H2,1H3. The number of aryl methyl sites for hydroxylation is 1. The third-order valence-electron chi connectivity index (χ3n) is 1.87. The van der Waals surface area contributed by atoms with Crippen molar-refractivity contribution in [2.75, 3.05) is 0 Å². The van der Waals surface area contributed by atoms with Crippen molar-refractivity contribution in [3.63, 3.8) is 0 Å². The average molecular weight is 225 g/mol. The van der Waals surface area contributed by atoms with Crippen LogP contribution in [0.5, 0.6) is 0 Å². The predicted octanol–water partition coefficient (Wildman–Crippen LogP) is 2.15. The van der Waals surface area contributed by atoms with Gasteiger partial charge in [0.05, 0.1) is 0 Å². The summed E-state index contributed by atoms with van der Waals surface area (Å²) in [5.41, 5.74) is 6.03. The molecule has 2 aromatic rings. The first-order chi connectivity index (χ1) is 6.75. The molecular weight excluding hydrogens is 214 g/mol. The molecular formula is C9H11N3S2. The number of nitrogens with zero attached hydrogens (tertiary/aromatic N) is 2. The normalized spacial score (nSPS) is 13.0. The van der Waals surface area contributed by atoms with Gasteiger partial charge >= 0.3 is 0 Å². The monoisotopic (exact) mass is 225 g/mol. The lowest BCUT2D eigenvalue weighted by molar-refractivity contribution is 0.723. The Morgan fingerprint density at radius 1 is 1.50 bits per heavy atom. The summed E-state index contributed by atoms with van der Waals surface area (Å²) < 4.78 is 0. The van der Waals surface area contributed by atoms with Crippen molar-refractivity contribution in [1.82, 2.24) is 10.2 Å². The molecule has 0 amide bonds. The van der Waals surface area contributed by atoms with Crippen LogP contribution in [0.1, 0.15) is 20.9 Å². The van der Waals surface area contributed by atoms with Crippen LogP contribution in [0.3, 0.4) is 0 Å². The fourth-order valence-electron chi connectivity index (χ4n) is 1.21. The van der Waals surface area contributed by atoms with Crippen LogP contribution in [0.15, 0.2) is 17.5 Å². The average Bonchev–Trinajstić information content (AvgIpc) is 2.75. The number of rotatable bonds is 3. The van der Waals surface area contributed by atoms with Crippen LogP contribution in [0.2, 0.25) is 0 Å². The van der Waals surface area contributed by atoms with E-state index in [0.717, 1.165) is 16.4 Å². The summed E-state index contributed by atoms with van der Waals surface area (Å²) in [6.45, 7) is 1.96. The summed E-state index contributed by atoms with van der Waals surface area (Å²) in [6.07, 6.45) is 0.784. The Labute approximate surface area is 90.6 Å². The van der Waals surface area contributed by atoms with Gasteiger partial charge in [0.2, 0.25) is 0 Å². The molecule has 0 saturated carbocycles. The van der Waals surface area contributed by atoms with Crippen molar-refractivity contribution in [2.45, 2.75) is 19.4 Å². The van der Waals surface area contributed by atoms with Gasteiger partial charge in [-0.05, 0) is 18.4 Å². The summed E-state index contributed by atoms with van der Waals surface area (Å²) in [5, 5.41) is 12.1. The Morgan fingerprint density at radius 3 is 2.93 bits per heavy atom. The minimum Gasteiger partial charge on any atom is -0.323 e. The maximum absolute atomic E-state index is 6.03. The van der Waals surface area contributed by atoms with Crippen molar-refractivity contribution in [1.29, 1.82) is 0 Å². The summed E-state index contributed by atoms with van der Waals surface area (Å²) in [4.78, 5) is 1.21. The molecule has 0 spiro atoms. The molecule has 1 unspecified atom stereocenters. The largest absolute Gasteiger partial charge is 0.323 e. The van der Waals surface area contributed by atoms with Gasteiger partial charge in [0, 0.05) is 17.3 Å². The van der Waals surface area contributed by atoms with Crippen LogP contribution in [-0.4, -0.2) is 10.2 Å². The van der Waals surface area contributed by atoms with E-state index in [2.05, 4.69) is 16.3 Å². The number of thiophene rings is 1. The van der Waals surface area contributed by atoms with E-state index in [1.54, 1.807) is 22.7 Å². The lowest BCUT2D eigenvalue weighted by Crippen LogP contribution is -2.11. The van der Waals surface area contributed by atoms with Crippen molar-refractivity contribution < 1.29 is 0 Å². The second-order valence-electron chi connectivity index (χ2n) is 3.04. The zero-order chi connectivity index (χ0) is 9.97. The van der Waals surface area contributed by atoms with Crippen LogP contribution in [0.25, 0.3) is 0 Å². The van der Waals surface area contributed by atoms with E-state index in [9.17, 15) is 0 Å². The molecule has 14 heavy (non-hydrogen) atoms. The molecule has 2 aromatic heterocycles. The van der Waals surface area contributed by atoms with Gasteiger partial charge in [-0.15, -0.1) is 32.9 Å². The first-order valence-electron chi connectivity index (χ1n) is 4.33. The Kier molecular flexibility index (Phi) is 2.90. The molecule has 0 aliphatic heterocycles. The van der Waals surface area contributed by atoms with Crippen molar-refractivity contribution in [3.8, 4) is 0 Å². The highest BCUT2D eigenvalue weighted by molar-refractivity contribution is 7.11. The first-order valence-corrected chi connectivity index (χ1v) is 6.03. The van der Waals surface area contributed by atoms with Crippen molar-refractivity contribution >= 4 is 22.7 Å². The topological polar surface area (TPSA) is 51.8 Å². The van der Waals surface area contributed by atoms with E-state index in [1.165, 1.54) is 4.88 Å². The van der Waals surface area contributed by atoms with Gasteiger partial charge in [-0.3, -0.25) is 0 Å². The van der Waals surface area contributed by atoms with Crippen molar-refractivity contribution in [2.24, 2.45) is 5.73 Å². The van der Waals surface area contributed by atoms with Gasteiger partial charge in [0.15, 0.2) is 0 Å². The third kappa shape index (κ3) is 2.17. The second kappa shape index (κ2) is 4.16. The molecule has 0 radical (unpaired) electrons. The van der Waals surface area contributed by atoms with Gasteiger partial charge in [-0.2, -0.15) is 0 Å². The molecule has 2 heterocycles. The van der Waals surface area contributed by atoms with Gasteiger partial charge in [0.1, 0.15) is 10.0 Å². The SMILES string of the molecule is Cc1nnc(CC(N)c2cccs2)s1. The zero-order valence-corrected chi connectivity index (χ0v) is 9.44. The van der Waals surface area contributed by atoms with Gasteiger partial charge < -0.3 is 5.73 Å². The first kappa shape index (κ1) is 9.76. The molecule has 1 atom stereocenters. The Morgan fingerprint density at radius 2 is 2.36 bits per heavy atom. The van der Waals surface area contributed by atoms with Gasteiger partial charge in [-0.25, -0.2) is 0 Å². The molecule has 74 valence electrons. The van der Waals surface area contributed by atoms with Crippen molar-refractivity contribution in [3.05, 3.63) is 32.4 Å². The summed E-state index contributed by atoms with van der Waals surface area (Å²) >= 11 is 3.30. The summed E-state index contributed by atoms with van der Waals surface area (Å²) in [7, 11) is 0. The number of aromatic nitrogens is 2. The maximum atomic E-state index is 6.03. The van der Waals surface area contributed by atoms with E-state index in [1.807, 2.05) is 18.4 Å². The molecule has 0 saturated heterocycles. The highest BCUT2D eigenvalue weighted by atomic mass is 32.1. The number of hydrogen-bond donors (Lipinski definition) is 1. The Hall–Kier alpha value is -0.780. The fourth-order valence-corrected chi connectivity index (χ4v) is 2.71. The van der Waals surface area contributed by atoms with Crippen LogP contribution in [-0.2, 0) is 6.42 Å². The third-order valence-corrected chi connectivity index (χ3v) is 3.74. The van der Waals surface area contributed by atoms with Crippen LogP contribution in [0, 0.1) is 6.92 Å². The minimum absolute atomic E-state index is 0.0577. The molecule has 3 nitrogen and oxygen atoms in total. The van der Waals surface area contributed by atoms with Crippen LogP contribution < -0.4 is 5.73 Å². The molecule has 0 bridgehead atoms. The smallest absolute Gasteiger partial charge is 0.119 e. The summed E-state index contributed by atoms with van der Waals surface area (Å²) in [6, 6.07) is 4.14. The zero-order valence-electron chi connectivity index (χ0n) is 7.80. The number of nitrogens with two attached hydrogens (primary N) is 1. The molecule has 0 aliphatic rings. The van der Waals surface area contributed by atoms with Crippen LogP contribution >= 0.6 is 22.7 Å².